The Labute approximate surface area is 147 Å². The van der Waals surface area contributed by atoms with Gasteiger partial charge in [0, 0.05) is 0 Å². The maximum Gasteiger partial charge on any atom is -0.0386 e. The van der Waals surface area contributed by atoms with Crippen LogP contribution in [0.15, 0.2) is 0 Å². The van der Waals surface area contributed by atoms with Crippen LogP contribution in [0.5, 0.6) is 0 Å². The third-order valence-corrected chi connectivity index (χ3v) is 7.08. The second-order valence-electron chi connectivity index (χ2n) is 9.06. The van der Waals surface area contributed by atoms with Crippen LogP contribution in [-0.2, 0) is 0 Å². The standard InChI is InChI=1S/C23H44/c1-3-4-5-6-7-8-9-10-11-21-14-18-23(19-15-21)22-16-12-20(2)13-17-22/h20-23H,3-19H2,1-2H3/t20-,21-,22-,23-. The van der Waals surface area contributed by atoms with E-state index < -0.39 is 0 Å². The van der Waals surface area contributed by atoms with Crippen molar-refractivity contribution in [3.05, 3.63) is 0 Å². The summed E-state index contributed by atoms with van der Waals surface area (Å²) in [6, 6.07) is 0. The van der Waals surface area contributed by atoms with Gasteiger partial charge in [0.2, 0.25) is 0 Å². The zero-order valence-corrected chi connectivity index (χ0v) is 16.3. The summed E-state index contributed by atoms with van der Waals surface area (Å²) in [4.78, 5) is 0. The molecule has 0 heterocycles. The van der Waals surface area contributed by atoms with E-state index in [-0.39, 0.29) is 0 Å². The van der Waals surface area contributed by atoms with Crippen molar-refractivity contribution in [3.63, 3.8) is 0 Å². The van der Waals surface area contributed by atoms with Crippen molar-refractivity contribution in [3.8, 4) is 0 Å². The third-order valence-electron chi connectivity index (χ3n) is 7.08. The molecule has 0 spiro atoms. The summed E-state index contributed by atoms with van der Waals surface area (Å²) in [7, 11) is 0. The van der Waals surface area contributed by atoms with Gasteiger partial charge in [-0.2, -0.15) is 0 Å². The van der Waals surface area contributed by atoms with Crippen molar-refractivity contribution in [1.29, 1.82) is 0 Å². The molecular formula is C23H44. The number of rotatable bonds is 10. The van der Waals surface area contributed by atoms with Gasteiger partial charge in [-0.1, -0.05) is 97.3 Å². The predicted octanol–water partition coefficient (Wildman–Crippen LogP) is 8.15. The molecule has 0 nitrogen and oxygen atoms in total. The number of unbranched alkanes of at least 4 members (excludes halogenated alkanes) is 7. The van der Waals surface area contributed by atoms with Gasteiger partial charge in [0.1, 0.15) is 0 Å². The van der Waals surface area contributed by atoms with Crippen molar-refractivity contribution in [1.82, 2.24) is 0 Å². The van der Waals surface area contributed by atoms with E-state index in [0.29, 0.717) is 0 Å². The molecule has 0 amide bonds. The molecule has 0 aliphatic heterocycles. The molecule has 0 N–H and O–H groups in total. The fraction of sp³-hybridized carbons (Fsp3) is 1.00. The lowest BCUT2D eigenvalue weighted by Gasteiger charge is -2.37. The van der Waals surface area contributed by atoms with Gasteiger partial charge in [0.15, 0.2) is 0 Å². The molecule has 2 aliphatic carbocycles. The summed E-state index contributed by atoms with van der Waals surface area (Å²) >= 11 is 0. The lowest BCUT2D eigenvalue weighted by Crippen LogP contribution is -2.25. The van der Waals surface area contributed by atoms with Crippen molar-refractivity contribution < 1.29 is 0 Å². The van der Waals surface area contributed by atoms with Gasteiger partial charge >= 0.3 is 0 Å². The first-order valence-electron chi connectivity index (χ1n) is 11.3. The van der Waals surface area contributed by atoms with Crippen LogP contribution >= 0.6 is 0 Å². The van der Waals surface area contributed by atoms with Crippen molar-refractivity contribution >= 4 is 0 Å². The van der Waals surface area contributed by atoms with Gasteiger partial charge in [-0.3, -0.25) is 0 Å². The van der Waals surface area contributed by atoms with Gasteiger partial charge in [-0.05, 0) is 49.4 Å². The van der Waals surface area contributed by atoms with E-state index in [1.165, 1.54) is 64.2 Å². The van der Waals surface area contributed by atoms with E-state index in [9.17, 15) is 0 Å². The van der Waals surface area contributed by atoms with Crippen molar-refractivity contribution in [2.24, 2.45) is 23.7 Å². The van der Waals surface area contributed by atoms with Crippen LogP contribution in [0.4, 0.5) is 0 Å². The molecule has 0 unspecified atom stereocenters. The van der Waals surface area contributed by atoms with Crippen LogP contribution in [0.1, 0.15) is 123 Å². The van der Waals surface area contributed by atoms with Gasteiger partial charge in [-0.15, -0.1) is 0 Å². The molecule has 2 rings (SSSR count). The molecular weight excluding hydrogens is 276 g/mol. The minimum Gasteiger partial charge on any atom is -0.0654 e. The van der Waals surface area contributed by atoms with Crippen LogP contribution in [0.3, 0.4) is 0 Å². The minimum absolute atomic E-state index is 1.02. The first-order chi connectivity index (χ1) is 11.3. The number of hydrogen-bond acceptors (Lipinski definition) is 0. The number of hydrogen-bond donors (Lipinski definition) is 0. The summed E-state index contributed by atoms with van der Waals surface area (Å²) in [5.74, 6) is 4.33. The van der Waals surface area contributed by atoms with Gasteiger partial charge in [0.25, 0.3) is 0 Å². The highest BCUT2D eigenvalue weighted by Gasteiger charge is 2.29. The van der Waals surface area contributed by atoms with Crippen molar-refractivity contribution in [2.45, 2.75) is 123 Å². The fourth-order valence-corrected chi connectivity index (χ4v) is 5.27. The maximum absolute atomic E-state index is 2.46. The molecule has 2 saturated carbocycles. The fourth-order valence-electron chi connectivity index (χ4n) is 5.27. The van der Waals surface area contributed by atoms with Gasteiger partial charge in [0.05, 0.1) is 0 Å². The van der Waals surface area contributed by atoms with E-state index in [4.69, 9.17) is 0 Å². The van der Waals surface area contributed by atoms with Crippen LogP contribution < -0.4 is 0 Å². The SMILES string of the molecule is CCCCCCCCCC[C@H]1CC[C@H]([C@H]2CC[C@H](C)CC2)CC1. The zero-order chi connectivity index (χ0) is 16.3. The van der Waals surface area contributed by atoms with Crippen molar-refractivity contribution in [2.75, 3.05) is 0 Å². The lowest BCUT2D eigenvalue weighted by molar-refractivity contribution is 0.146. The molecule has 0 bridgehead atoms. The highest BCUT2D eigenvalue weighted by molar-refractivity contribution is 4.81. The molecule has 0 aromatic heterocycles. The smallest absolute Gasteiger partial charge is 0.0386 e. The Balaban J connectivity index is 1.45. The molecule has 0 heteroatoms. The first-order valence-corrected chi connectivity index (χ1v) is 11.3. The van der Waals surface area contributed by atoms with E-state index >= 15 is 0 Å². The van der Waals surface area contributed by atoms with Crippen LogP contribution in [-0.4, -0.2) is 0 Å². The Morgan fingerprint density at radius 1 is 0.565 bits per heavy atom. The molecule has 0 aromatic rings. The van der Waals surface area contributed by atoms with Crippen LogP contribution in [0, 0.1) is 23.7 Å². The van der Waals surface area contributed by atoms with Gasteiger partial charge < -0.3 is 0 Å². The van der Waals surface area contributed by atoms with E-state index in [1.54, 1.807) is 44.9 Å². The van der Waals surface area contributed by atoms with E-state index in [1.807, 2.05) is 0 Å². The summed E-state index contributed by atoms with van der Waals surface area (Å²) in [6.07, 6.45) is 25.7. The first kappa shape index (κ1) is 19.3. The normalized spacial score (nSPS) is 32.1. The minimum atomic E-state index is 1.02. The van der Waals surface area contributed by atoms with Crippen LogP contribution in [0.25, 0.3) is 0 Å². The summed E-state index contributed by atoms with van der Waals surface area (Å²) in [5.41, 5.74) is 0. The van der Waals surface area contributed by atoms with E-state index in [2.05, 4.69) is 13.8 Å². The Hall–Kier alpha value is 0. The summed E-state index contributed by atoms with van der Waals surface area (Å²) in [5, 5.41) is 0. The third kappa shape index (κ3) is 7.61. The zero-order valence-electron chi connectivity index (χ0n) is 16.3. The molecule has 2 aliphatic rings. The lowest BCUT2D eigenvalue weighted by atomic mass is 9.69. The van der Waals surface area contributed by atoms with E-state index in [0.717, 1.165) is 23.7 Å². The highest BCUT2D eigenvalue weighted by atomic mass is 14.3. The largest absolute Gasteiger partial charge is 0.0654 e. The Kier molecular flexibility index (Phi) is 9.69. The predicted molar refractivity (Wildman–Crippen MR) is 104 cm³/mol. The maximum atomic E-state index is 2.46. The molecule has 0 aromatic carbocycles. The average Bonchev–Trinajstić information content (AvgIpc) is 2.59. The summed E-state index contributed by atoms with van der Waals surface area (Å²) < 4.78 is 0. The summed E-state index contributed by atoms with van der Waals surface area (Å²) in [6.45, 7) is 4.76. The molecule has 136 valence electrons. The molecule has 0 radical (unpaired) electrons. The topological polar surface area (TPSA) is 0 Å². The van der Waals surface area contributed by atoms with Gasteiger partial charge in [-0.25, -0.2) is 0 Å². The highest BCUT2D eigenvalue weighted by Crippen LogP contribution is 2.42. The second-order valence-corrected chi connectivity index (χ2v) is 9.06. The molecule has 2 fully saturated rings. The Bertz CT molecular complexity index is 266. The molecule has 0 atom stereocenters. The quantitative estimate of drug-likeness (QED) is 0.356. The van der Waals surface area contributed by atoms with Crippen LogP contribution in [0.2, 0.25) is 0 Å². The Morgan fingerprint density at radius 2 is 1.04 bits per heavy atom. The average molecular weight is 321 g/mol. The molecule has 0 saturated heterocycles. The monoisotopic (exact) mass is 320 g/mol. The second kappa shape index (κ2) is 11.5. The molecule has 23 heavy (non-hydrogen) atoms. The Morgan fingerprint density at radius 3 is 1.61 bits per heavy atom.